The topological polar surface area (TPSA) is 65.6 Å². The van der Waals surface area contributed by atoms with Crippen molar-refractivity contribution in [2.45, 2.75) is 19.9 Å². The molecule has 0 spiro atoms. The lowest BCUT2D eigenvalue weighted by atomic mass is 9.97. The van der Waals surface area contributed by atoms with Gasteiger partial charge < -0.3 is 9.30 Å². The molecule has 0 saturated carbocycles. The molecule has 1 aliphatic rings. The minimum Gasteiger partial charge on any atom is -0.463 e. The maximum atomic E-state index is 14.1. The molecule has 2 aromatic carbocycles. The average molecular weight is 540 g/mol. The molecule has 5 aromatic rings. The molecule has 0 amide bonds. The van der Waals surface area contributed by atoms with E-state index in [4.69, 9.17) is 9.73 Å². The van der Waals surface area contributed by atoms with Gasteiger partial charge in [-0.3, -0.25) is 9.36 Å². The summed E-state index contributed by atoms with van der Waals surface area (Å²) in [7, 11) is 2.03. The molecular formula is C30H25N3O3S2. The smallest absolute Gasteiger partial charge is 0.338 e. The van der Waals surface area contributed by atoms with Crippen molar-refractivity contribution in [1.29, 1.82) is 0 Å². The number of hydrogen-bond acceptors (Lipinski definition) is 6. The number of fused-ring (bicyclic) bond motifs is 2. The van der Waals surface area contributed by atoms with Crippen LogP contribution in [0.25, 0.3) is 22.7 Å². The second kappa shape index (κ2) is 9.70. The van der Waals surface area contributed by atoms with Gasteiger partial charge in [-0.2, -0.15) is 0 Å². The van der Waals surface area contributed by atoms with Gasteiger partial charge in [0.1, 0.15) is 6.04 Å². The summed E-state index contributed by atoms with van der Waals surface area (Å²) in [5.74, 6) is -0.465. The molecule has 3 aromatic heterocycles. The fourth-order valence-corrected chi connectivity index (χ4v) is 6.83. The lowest BCUT2D eigenvalue weighted by Crippen LogP contribution is -2.39. The number of thiophene rings is 1. The molecule has 1 aliphatic heterocycles. The van der Waals surface area contributed by atoms with Crippen LogP contribution >= 0.6 is 22.7 Å². The van der Waals surface area contributed by atoms with Crippen LogP contribution in [0.3, 0.4) is 0 Å². The molecule has 0 saturated heterocycles. The highest BCUT2D eigenvalue weighted by Crippen LogP contribution is 2.37. The molecule has 8 heteroatoms. The predicted molar refractivity (Wildman–Crippen MR) is 153 cm³/mol. The zero-order chi connectivity index (χ0) is 26.4. The van der Waals surface area contributed by atoms with Crippen molar-refractivity contribution in [1.82, 2.24) is 9.13 Å². The minimum atomic E-state index is -0.628. The van der Waals surface area contributed by atoms with E-state index < -0.39 is 12.0 Å². The third kappa shape index (κ3) is 3.88. The van der Waals surface area contributed by atoms with Crippen molar-refractivity contribution in [3.8, 4) is 0 Å². The summed E-state index contributed by atoms with van der Waals surface area (Å²) in [6.45, 7) is 4.07. The minimum absolute atomic E-state index is 0.173. The van der Waals surface area contributed by atoms with Crippen molar-refractivity contribution < 1.29 is 9.53 Å². The average Bonchev–Trinajstić information content (AvgIpc) is 3.64. The van der Waals surface area contributed by atoms with Gasteiger partial charge in [-0.05, 0) is 37.4 Å². The first-order valence-corrected chi connectivity index (χ1v) is 14.0. The highest BCUT2D eigenvalue weighted by atomic mass is 32.1. The van der Waals surface area contributed by atoms with E-state index in [0.29, 0.717) is 20.6 Å². The van der Waals surface area contributed by atoms with Crippen molar-refractivity contribution in [3.63, 3.8) is 0 Å². The van der Waals surface area contributed by atoms with Crippen LogP contribution in [0.5, 0.6) is 0 Å². The van der Waals surface area contributed by atoms with Crippen LogP contribution in [0.4, 0.5) is 0 Å². The molecule has 1 atom stereocenters. The molecule has 6 nitrogen and oxygen atoms in total. The first kappa shape index (κ1) is 24.3. The standard InChI is InChI=1S/C30H25N3O3S2/c1-4-36-29(35)25-26(19-11-6-5-7-12-19)31-30-33(27(25)23-15-10-16-37-23)28(34)24(38-30)17-21-18(2)32(3)22-14-9-8-13-20(21)22/h5-17,27H,4H2,1-3H3/b24-17-/t27-/m0/s1. The summed E-state index contributed by atoms with van der Waals surface area (Å²) in [4.78, 5) is 33.8. The zero-order valence-electron chi connectivity index (χ0n) is 21.2. The van der Waals surface area contributed by atoms with Gasteiger partial charge in [0.15, 0.2) is 4.80 Å². The zero-order valence-corrected chi connectivity index (χ0v) is 22.8. The Labute approximate surface area is 227 Å². The van der Waals surface area contributed by atoms with Crippen LogP contribution in [0.1, 0.15) is 34.7 Å². The van der Waals surface area contributed by atoms with E-state index in [0.717, 1.165) is 32.6 Å². The van der Waals surface area contributed by atoms with Gasteiger partial charge in [-0.15, -0.1) is 11.3 Å². The molecule has 6 rings (SSSR count). The molecule has 190 valence electrons. The predicted octanol–water partition coefficient (Wildman–Crippen LogP) is 4.80. The maximum absolute atomic E-state index is 14.1. The number of aryl methyl sites for hydroxylation is 1. The normalized spacial score (nSPS) is 15.6. The molecule has 0 bridgehead atoms. The monoisotopic (exact) mass is 539 g/mol. The summed E-state index contributed by atoms with van der Waals surface area (Å²) >= 11 is 2.85. The molecule has 0 aliphatic carbocycles. The van der Waals surface area contributed by atoms with Gasteiger partial charge in [0.25, 0.3) is 5.56 Å². The number of nitrogens with zero attached hydrogens (tertiary/aromatic N) is 3. The van der Waals surface area contributed by atoms with E-state index in [1.54, 1.807) is 11.5 Å². The van der Waals surface area contributed by atoms with Gasteiger partial charge in [0.2, 0.25) is 0 Å². The number of hydrogen-bond donors (Lipinski definition) is 0. The Kier molecular flexibility index (Phi) is 6.21. The summed E-state index contributed by atoms with van der Waals surface area (Å²) in [5.41, 5.74) is 4.74. The molecule has 0 fully saturated rings. The van der Waals surface area contributed by atoms with Crippen molar-refractivity contribution in [2.75, 3.05) is 6.61 Å². The van der Waals surface area contributed by atoms with Crippen LogP contribution in [0.2, 0.25) is 0 Å². The fraction of sp³-hybridized carbons (Fsp3) is 0.167. The van der Waals surface area contributed by atoms with E-state index in [1.807, 2.05) is 73.1 Å². The number of carbonyl (C=O) groups excluding carboxylic acids is 1. The van der Waals surface area contributed by atoms with Gasteiger partial charge in [0, 0.05) is 39.6 Å². The second-order valence-corrected chi connectivity index (χ2v) is 11.0. The number of carbonyl (C=O) groups is 1. The first-order chi connectivity index (χ1) is 18.5. The van der Waals surface area contributed by atoms with Gasteiger partial charge in [-0.25, -0.2) is 9.79 Å². The van der Waals surface area contributed by atoms with E-state index in [1.165, 1.54) is 22.7 Å². The SMILES string of the molecule is CCOC(=O)C1=C(c2ccccc2)N=c2s/c(=C\c3c(C)n(C)c4ccccc34)c(=O)n2[C@H]1c1cccs1. The quantitative estimate of drug-likeness (QED) is 0.302. The summed E-state index contributed by atoms with van der Waals surface area (Å²) in [6, 6.07) is 21.0. The van der Waals surface area contributed by atoms with E-state index in [-0.39, 0.29) is 12.2 Å². The van der Waals surface area contributed by atoms with E-state index in [2.05, 4.69) is 23.6 Å². The number of esters is 1. The molecule has 4 heterocycles. The molecule has 0 radical (unpaired) electrons. The third-order valence-corrected chi connectivity index (χ3v) is 8.82. The summed E-state index contributed by atoms with van der Waals surface area (Å²) in [5, 5.41) is 3.04. The van der Waals surface area contributed by atoms with Crippen LogP contribution in [0.15, 0.2) is 87.5 Å². The Morgan fingerprint density at radius 2 is 1.84 bits per heavy atom. The Bertz CT molecular complexity index is 1890. The molecule has 38 heavy (non-hydrogen) atoms. The summed E-state index contributed by atoms with van der Waals surface area (Å²) in [6.07, 6.45) is 1.96. The van der Waals surface area contributed by atoms with Crippen LogP contribution in [-0.4, -0.2) is 21.7 Å². The Balaban J connectivity index is 1.66. The number of aromatic nitrogens is 2. The maximum Gasteiger partial charge on any atom is 0.338 e. The number of ether oxygens (including phenoxy) is 1. The number of para-hydroxylation sites is 1. The van der Waals surface area contributed by atoms with Crippen LogP contribution < -0.4 is 14.9 Å². The first-order valence-electron chi connectivity index (χ1n) is 12.4. The Morgan fingerprint density at radius 1 is 1.08 bits per heavy atom. The van der Waals surface area contributed by atoms with Gasteiger partial charge in [-0.1, -0.05) is 65.9 Å². The number of benzene rings is 2. The molecule has 0 unspecified atom stereocenters. The van der Waals surface area contributed by atoms with Crippen molar-refractivity contribution in [3.05, 3.63) is 119 Å². The van der Waals surface area contributed by atoms with Crippen LogP contribution in [0, 0.1) is 6.92 Å². The van der Waals surface area contributed by atoms with Gasteiger partial charge in [0.05, 0.1) is 22.4 Å². The number of thiazole rings is 1. The van der Waals surface area contributed by atoms with Gasteiger partial charge >= 0.3 is 5.97 Å². The Hall–Kier alpha value is -4.01. The highest BCUT2D eigenvalue weighted by molar-refractivity contribution is 7.10. The van der Waals surface area contributed by atoms with Crippen molar-refractivity contribution in [2.24, 2.45) is 12.0 Å². The lowest BCUT2D eigenvalue weighted by molar-refractivity contribution is -0.138. The summed E-state index contributed by atoms with van der Waals surface area (Å²) < 4.78 is 9.87. The van der Waals surface area contributed by atoms with Crippen LogP contribution in [-0.2, 0) is 16.6 Å². The largest absolute Gasteiger partial charge is 0.463 e. The molecular weight excluding hydrogens is 514 g/mol. The van der Waals surface area contributed by atoms with E-state index in [9.17, 15) is 9.59 Å². The number of rotatable bonds is 5. The van der Waals surface area contributed by atoms with E-state index >= 15 is 0 Å². The second-order valence-electron chi connectivity index (χ2n) is 9.02. The third-order valence-electron chi connectivity index (χ3n) is 6.91. The Morgan fingerprint density at radius 3 is 2.58 bits per heavy atom. The fourth-order valence-electron chi connectivity index (χ4n) is 5.02. The van der Waals surface area contributed by atoms with Crippen molar-refractivity contribution >= 4 is 51.3 Å². The molecule has 0 N–H and O–H groups in total. The highest BCUT2D eigenvalue weighted by Gasteiger charge is 2.35. The lowest BCUT2D eigenvalue weighted by Gasteiger charge is -2.24.